The number of hydrogen-bond donors (Lipinski definition) is 0. The van der Waals surface area contributed by atoms with E-state index in [9.17, 15) is 14.9 Å². The van der Waals surface area contributed by atoms with Crippen molar-refractivity contribution in [1.29, 1.82) is 0 Å². The predicted molar refractivity (Wildman–Crippen MR) is 149 cm³/mol. The number of rotatable bonds is 8. The first-order valence-corrected chi connectivity index (χ1v) is 12.8. The summed E-state index contributed by atoms with van der Waals surface area (Å²) in [5, 5.41) is 17.1. The molecule has 4 aromatic rings. The van der Waals surface area contributed by atoms with Gasteiger partial charge in [-0.1, -0.05) is 59.0 Å². The van der Waals surface area contributed by atoms with Gasteiger partial charge >= 0.3 is 0 Å². The molecule has 0 amide bonds. The average Bonchev–Trinajstić information content (AvgIpc) is 2.88. The zero-order valence-electron chi connectivity index (χ0n) is 19.8. The number of nitro groups is 1. The summed E-state index contributed by atoms with van der Waals surface area (Å²) in [4.78, 5) is 29.0. The number of nitro benzene ring substituents is 1. The van der Waals surface area contributed by atoms with Gasteiger partial charge < -0.3 is 4.74 Å². The number of fused-ring (bicyclic) bond motifs is 1. The van der Waals surface area contributed by atoms with E-state index in [1.165, 1.54) is 29.1 Å². The van der Waals surface area contributed by atoms with Gasteiger partial charge in [-0.05, 0) is 48.4 Å². The Bertz CT molecular complexity index is 1590. The molecule has 0 radical (unpaired) electrons. The van der Waals surface area contributed by atoms with Gasteiger partial charge in [0.15, 0.2) is 0 Å². The number of aromatic nitrogens is 2. The quantitative estimate of drug-likeness (QED) is 0.119. The molecule has 3 aromatic carbocycles. The van der Waals surface area contributed by atoms with Gasteiger partial charge in [0, 0.05) is 28.1 Å². The van der Waals surface area contributed by atoms with Crippen molar-refractivity contribution in [2.24, 2.45) is 5.10 Å². The summed E-state index contributed by atoms with van der Waals surface area (Å²) in [6.07, 6.45) is 2.11. The maximum Gasteiger partial charge on any atom is 0.282 e. The molecule has 0 aliphatic rings. The molecule has 0 saturated carbocycles. The molecule has 0 bridgehead atoms. The van der Waals surface area contributed by atoms with Gasteiger partial charge in [0.1, 0.15) is 18.2 Å². The molecule has 8 nitrogen and oxygen atoms in total. The second kappa shape index (κ2) is 11.4. The molecular weight excluding hydrogens is 583 g/mol. The molecule has 4 rings (SSSR count). The number of hydrogen-bond acceptors (Lipinski definition) is 6. The van der Waals surface area contributed by atoms with Crippen molar-refractivity contribution in [3.63, 3.8) is 0 Å². The van der Waals surface area contributed by atoms with E-state index in [4.69, 9.17) is 27.9 Å². The highest BCUT2D eigenvalue weighted by molar-refractivity contribution is 9.10. The monoisotopic (exact) mass is 602 g/mol. The summed E-state index contributed by atoms with van der Waals surface area (Å²) in [6.45, 7) is 4.09. The van der Waals surface area contributed by atoms with Crippen LogP contribution in [0.1, 0.15) is 43.1 Å². The molecule has 11 heteroatoms. The third-order valence-corrected chi connectivity index (χ3v) is 7.01. The van der Waals surface area contributed by atoms with Crippen LogP contribution in [0.2, 0.25) is 10.0 Å². The molecule has 0 aliphatic heterocycles. The van der Waals surface area contributed by atoms with Crippen LogP contribution < -0.4 is 10.3 Å². The minimum Gasteiger partial charge on any atom is -0.488 e. The van der Waals surface area contributed by atoms with Gasteiger partial charge in [-0.15, -0.1) is 0 Å². The largest absolute Gasteiger partial charge is 0.488 e. The Hall–Kier alpha value is -3.27. The molecule has 0 fully saturated rings. The Morgan fingerprint density at radius 3 is 2.65 bits per heavy atom. The molecule has 1 heterocycles. The highest BCUT2D eigenvalue weighted by Gasteiger charge is 2.17. The van der Waals surface area contributed by atoms with Crippen LogP contribution >= 0.6 is 39.1 Å². The summed E-state index contributed by atoms with van der Waals surface area (Å²) in [5.41, 5.74) is 1.16. The molecule has 1 atom stereocenters. The maximum absolute atomic E-state index is 13.4. The van der Waals surface area contributed by atoms with Crippen molar-refractivity contribution in [1.82, 2.24) is 9.66 Å². The summed E-state index contributed by atoms with van der Waals surface area (Å²) in [7, 11) is 0. The Morgan fingerprint density at radius 2 is 1.95 bits per heavy atom. The van der Waals surface area contributed by atoms with Crippen LogP contribution in [-0.2, 0) is 6.61 Å². The smallest absolute Gasteiger partial charge is 0.282 e. The normalized spacial score (nSPS) is 12.2. The van der Waals surface area contributed by atoms with E-state index in [1.54, 1.807) is 30.3 Å². The molecular formula is C26H21BrCl2N4O4. The van der Waals surface area contributed by atoms with Gasteiger partial charge in [-0.25, -0.2) is 4.98 Å². The van der Waals surface area contributed by atoms with Crippen LogP contribution in [0.3, 0.4) is 0 Å². The summed E-state index contributed by atoms with van der Waals surface area (Å²) >= 11 is 15.5. The second-order valence-corrected chi connectivity index (χ2v) is 10.0. The van der Waals surface area contributed by atoms with Gasteiger partial charge in [0.05, 0.1) is 32.1 Å². The molecule has 0 unspecified atom stereocenters. The van der Waals surface area contributed by atoms with E-state index in [1.807, 2.05) is 19.9 Å². The van der Waals surface area contributed by atoms with E-state index < -0.39 is 4.92 Å². The first-order chi connectivity index (χ1) is 17.7. The minimum atomic E-state index is -0.508. The van der Waals surface area contributed by atoms with Gasteiger partial charge in [-0.2, -0.15) is 9.78 Å². The Balaban J connectivity index is 1.78. The highest BCUT2D eigenvalue weighted by atomic mass is 79.9. The van der Waals surface area contributed by atoms with Crippen molar-refractivity contribution in [2.45, 2.75) is 32.8 Å². The molecule has 190 valence electrons. The lowest BCUT2D eigenvalue weighted by Gasteiger charge is -2.14. The van der Waals surface area contributed by atoms with Crippen LogP contribution in [0.25, 0.3) is 10.9 Å². The average molecular weight is 604 g/mol. The molecule has 0 saturated heterocycles. The van der Waals surface area contributed by atoms with Crippen molar-refractivity contribution in [3.05, 3.63) is 107 Å². The predicted octanol–water partition coefficient (Wildman–Crippen LogP) is 7.35. The topological polar surface area (TPSA) is 99.6 Å². The Kier molecular flexibility index (Phi) is 8.26. The van der Waals surface area contributed by atoms with E-state index >= 15 is 0 Å². The lowest BCUT2D eigenvalue weighted by Crippen LogP contribution is -2.23. The second-order valence-electron chi connectivity index (χ2n) is 8.32. The van der Waals surface area contributed by atoms with Crippen LogP contribution in [0, 0.1) is 10.1 Å². The molecule has 0 N–H and O–H groups in total. The van der Waals surface area contributed by atoms with Crippen molar-refractivity contribution in [3.8, 4) is 5.75 Å². The van der Waals surface area contributed by atoms with E-state index in [0.29, 0.717) is 38.1 Å². The Labute approximate surface area is 230 Å². The van der Waals surface area contributed by atoms with Crippen molar-refractivity contribution in [2.75, 3.05) is 0 Å². The highest BCUT2D eigenvalue weighted by Crippen LogP contribution is 2.27. The zero-order valence-corrected chi connectivity index (χ0v) is 22.9. The standard InChI is InChI=1S/C26H21BrCl2N4O4/c1-3-15(2)25-31-23-8-5-18(27)12-20(23)26(34)32(25)30-13-17-11-19(33(35)36)6-9-24(17)37-14-16-4-7-21(28)22(29)10-16/h4-13,15H,3,14H2,1-2H3/t15-/m0/s1. The van der Waals surface area contributed by atoms with Crippen LogP contribution in [-0.4, -0.2) is 20.8 Å². The van der Waals surface area contributed by atoms with Gasteiger partial charge in [0.2, 0.25) is 0 Å². The van der Waals surface area contributed by atoms with Crippen LogP contribution in [0.15, 0.2) is 69.0 Å². The fourth-order valence-corrected chi connectivity index (χ4v) is 4.25. The number of halogens is 3. The molecule has 1 aromatic heterocycles. The third-order valence-electron chi connectivity index (χ3n) is 5.78. The van der Waals surface area contributed by atoms with Crippen LogP contribution in [0.4, 0.5) is 5.69 Å². The fraction of sp³-hybridized carbons (Fsp3) is 0.192. The number of nitrogens with zero attached hydrogens (tertiary/aromatic N) is 4. The fourth-order valence-electron chi connectivity index (χ4n) is 3.57. The van der Waals surface area contributed by atoms with Crippen LogP contribution in [0.5, 0.6) is 5.75 Å². The molecule has 37 heavy (non-hydrogen) atoms. The van der Waals surface area contributed by atoms with E-state index in [0.717, 1.165) is 16.5 Å². The zero-order chi connectivity index (χ0) is 26.7. The number of non-ortho nitro benzene ring substituents is 1. The summed E-state index contributed by atoms with van der Waals surface area (Å²) in [5.74, 6) is 0.769. The molecule has 0 aliphatic carbocycles. The number of benzene rings is 3. The summed E-state index contributed by atoms with van der Waals surface area (Å²) < 4.78 is 7.91. The van der Waals surface area contributed by atoms with Gasteiger partial charge in [-0.3, -0.25) is 14.9 Å². The van der Waals surface area contributed by atoms with Crippen molar-refractivity contribution < 1.29 is 9.66 Å². The first-order valence-electron chi connectivity index (χ1n) is 11.3. The third kappa shape index (κ3) is 6.01. The minimum absolute atomic E-state index is 0.0617. The maximum atomic E-state index is 13.4. The van der Waals surface area contributed by atoms with E-state index in [-0.39, 0.29) is 23.8 Å². The van der Waals surface area contributed by atoms with E-state index in [2.05, 4.69) is 26.0 Å². The molecule has 0 spiro atoms. The lowest BCUT2D eigenvalue weighted by molar-refractivity contribution is -0.384. The van der Waals surface area contributed by atoms with Crippen molar-refractivity contribution >= 4 is 61.9 Å². The first kappa shape index (κ1) is 26.8. The summed E-state index contributed by atoms with van der Waals surface area (Å²) in [6, 6.07) is 14.6. The Morgan fingerprint density at radius 1 is 1.16 bits per heavy atom. The lowest BCUT2D eigenvalue weighted by atomic mass is 10.1. The van der Waals surface area contributed by atoms with Gasteiger partial charge in [0.25, 0.3) is 11.2 Å². The number of ether oxygens (including phenoxy) is 1. The SMILES string of the molecule is CC[C@H](C)c1nc2ccc(Br)cc2c(=O)n1N=Cc1cc([N+](=O)[O-])ccc1OCc1ccc(Cl)c(Cl)c1.